The maximum absolute atomic E-state index is 12.3. The molecule has 7 nitrogen and oxygen atoms in total. The predicted molar refractivity (Wildman–Crippen MR) is 76.3 cm³/mol. The van der Waals surface area contributed by atoms with Crippen molar-refractivity contribution in [2.45, 2.75) is 17.4 Å². The van der Waals surface area contributed by atoms with Gasteiger partial charge in [-0.1, -0.05) is 12.1 Å². The lowest BCUT2D eigenvalue weighted by atomic mass is 10.2. The third-order valence-electron chi connectivity index (χ3n) is 3.24. The van der Waals surface area contributed by atoms with Crippen LogP contribution < -0.4 is 4.72 Å². The molecular formula is C12H15N3O4S2. The van der Waals surface area contributed by atoms with Crippen LogP contribution in [0.4, 0.5) is 0 Å². The summed E-state index contributed by atoms with van der Waals surface area (Å²) < 4.78 is 51.1. The van der Waals surface area contributed by atoms with Gasteiger partial charge in [-0.25, -0.2) is 25.9 Å². The third kappa shape index (κ3) is 3.59. The summed E-state index contributed by atoms with van der Waals surface area (Å²) in [5.41, 5.74) is 0.0583. The minimum absolute atomic E-state index is 0.0583. The summed E-state index contributed by atoms with van der Waals surface area (Å²) >= 11 is 0. The Morgan fingerprint density at radius 3 is 2.52 bits per heavy atom. The maximum atomic E-state index is 12.3. The van der Waals surface area contributed by atoms with Crippen LogP contribution in [0.3, 0.4) is 0 Å². The van der Waals surface area contributed by atoms with Crippen molar-refractivity contribution in [1.29, 1.82) is 5.26 Å². The highest BCUT2D eigenvalue weighted by Gasteiger charge is 2.32. The smallest absolute Gasteiger partial charge is 0.213 e. The van der Waals surface area contributed by atoms with Crippen molar-refractivity contribution in [3.63, 3.8) is 0 Å². The monoisotopic (exact) mass is 329 g/mol. The lowest BCUT2D eigenvalue weighted by molar-refractivity contribution is 0.472. The quantitative estimate of drug-likeness (QED) is 0.828. The Hall–Kier alpha value is -1.47. The van der Waals surface area contributed by atoms with Gasteiger partial charge in [-0.2, -0.15) is 5.26 Å². The van der Waals surface area contributed by atoms with Crippen molar-refractivity contribution in [3.8, 4) is 6.07 Å². The lowest BCUT2D eigenvalue weighted by Crippen LogP contribution is -2.38. The zero-order valence-corrected chi connectivity index (χ0v) is 13.0. The highest BCUT2D eigenvalue weighted by atomic mass is 32.2. The van der Waals surface area contributed by atoms with E-state index in [1.807, 2.05) is 6.07 Å². The molecule has 2 rings (SSSR count). The van der Waals surface area contributed by atoms with Crippen molar-refractivity contribution in [2.24, 2.45) is 0 Å². The molecule has 1 aromatic rings. The van der Waals surface area contributed by atoms with E-state index in [1.54, 1.807) is 6.07 Å². The summed E-state index contributed by atoms with van der Waals surface area (Å²) in [4.78, 5) is -0.0923. The molecule has 9 heteroatoms. The number of rotatable bonds is 4. The van der Waals surface area contributed by atoms with Crippen molar-refractivity contribution in [2.75, 3.05) is 19.3 Å². The fourth-order valence-electron chi connectivity index (χ4n) is 2.20. The van der Waals surface area contributed by atoms with Crippen molar-refractivity contribution >= 4 is 20.0 Å². The second-order valence-corrected chi connectivity index (χ2v) is 8.50. The summed E-state index contributed by atoms with van der Waals surface area (Å²) in [5, 5.41) is 8.96. The number of benzene rings is 1. The fraction of sp³-hybridized carbons (Fsp3) is 0.417. The van der Waals surface area contributed by atoms with E-state index in [0.717, 1.165) is 6.26 Å². The molecule has 1 atom stereocenters. The molecule has 0 aliphatic carbocycles. The van der Waals surface area contributed by atoms with Gasteiger partial charge in [0.2, 0.25) is 20.0 Å². The molecule has 0 radical (unpaired) electrons. The van der Waals surface area contributed by atoms with E-state index in [4.69, 9.17) is 5.26 Å². The van der Waals surface area contributed by atoms with Crippen LogP contribution in [0.5, 0.6) is 0 Å². The average Bonchev–Trinajstić information content (AvgIpc) is 2.86. The minimum Gasteiger partial charge on any atom is -0.213 e. The zero-order chi connectivity index (χ0) is 15.7. The molecule has 0 saturated carbocycles. The largest absolute Gasteiger partial charge is 0.242 e. The molecule has 1 aromatic carbocycles. The Bertz CT molecular complexity index is 781. The van der Waals surface area contributed by atoms with Crippen LogP contribution in [0.15, 0.2) is 29.2 Å². The zero-order valence-electron chi connectivity index (χ0n) is 11.4. The minimum atomic E-state index is -3.85. The van der Waals surface area contributed by atoms with E-state index >= 15 is 0 Å². The molecule has 1 unspecified atom stereocenters. The molecular weight excluding hydrogens is 314 g/mol. The van der Waals surface area contributed by atoms with Gasteiger partial charge in [0, 0.05) is 19.1 Å². The molecule has 1 saturated heterocycles. The van der Waals surface area contributed by atoms with Crippen LogP contribution >= 0.6 is 0 Å². The highest BCUT2D eigenvalue weighted by molar-refractivity contribution is 7.89. The lowest BCUT2D eigenvalue weighted by Gasteiger charge is -2.15. The van der Waals surface area contributed by atoms with Gasteiger partial charge in [-0.15, -0.1) is 0 Å². The molecule has 0 aromatic heterocycles. The Kier molecular flexibility index (Phi) is 4.34. The van der Waals surface area contributed by atoms with Gasteiger partial charge in [0.05, 0.1) is 16.7 Å². The Morgan fingerprint density at radius 1 is 1.29 bits per heavy atom. The summed E-state index contributed by atoms with van der Waals surface area (Å²) in [7, 11) is -7.17. The van der Waals surface area contributed by atoms with Crippen molar-refractivity contribution < 1.29 is 16.8 Å². The Labute approximate surface area is 124 Å². The summed E-state index contributed by atoms with van der Waals surface area (Å²) in [6, 6.07) is 7.24. The summed E-state index contributed by atoms with van der Waals surface area (Å²) in [6.07, 6.45) is 1.50. The fourth-order valence-corrected chi connectivity index (χ4v) is 4.51. The highest BCUT2D eigenvalue weighted by Crippen LogP contribution is 2.18. The number of hydrogen-bond acceptors (Lipinski definition) is 5. The molecule has 0 amide bonds. The normalized spacial score (nSPS) is 20.3. The van der Waals surface area contributed by atoms with E-state index in [2.05, 4.69) is 4.72 Å². The van der Waals surface area contributed by atoms with Crippen LogP contribution in [0.2, 0.25) is 0 Å². The average molecular weight is 329 g/mol. The van der Waals surface area contributed by atoms with E-state index in [0.29, 0.717) is 6.42 Å². The first kappa shape index (κ1) is 15.9. The topological polar surface area (TPSA) is 107 Å². The van der Waals surface area contributed by atoms with Gasteiger partial charge >= 0.3 is 0 Å². The number of nitrogens with zero attached hydrogens (tertiary/aromatic N) is 2. The number of nitrogens with one attached hydrogen (secondary N) is 1. The van der Waals surface area contributed by atoms with Crippen LogP contribution in [0.25, 0.3) is 0 Å². The first-order chi connectivity index (χ1) is 9.74. The van der Waals surface area contributed by atoms with Crippen molar-refractivity contribution in [3.05, 3.63) is 29.8 Å². The summed E-state index contributed by atoms with van der Waals surface area (Å²) in [6.45, 7) is 0.388. The molecule has 1 aliphatic heterocycles. The van der Waals surface area contributed by atoms with Gasteiger partial charge in [-0.05, 0) is 18.6 Å². The standard InChI is InChI=1S/C12H15N3O4S2/c1-20(16,17)15-7-6-11(9-15)14-21(18,19)12-5-3-2-4-10(12)8-13/h2-5,11,14H,6-7,9H2,1H3. The van der Waals surface area contributed by atoms with Gasteiger partial charge in [0.1, 0.15) is 6.07 Å². The molecule has 1 aliphatic rings. The van der Waals surface area contributed by atoms with Crippen LogP contribution in [-0.4, -0.2) is 46.5 Å². The number of sulfonamides is 2. The molecule has 1 heterocycles. The van der Waals surface area contributed by atoms with E-state index in [9.17, 15) is 16.8 Å². The molecule has 1 fully saturated rings. The van der Waals surface area contributed by atoms with E-state index in [-0.39, 0.29) is 23.5 Å². The number of hydrogen-bond donors (Lipinski definition) is 1. The van der Waals surface area contributed by atoms with Gasteiger partial charge in [-0.3, -0.25) is 0 Å². The first-order valence-electron chi connectivity index (χ1n) is 6.20. The van der Waals surface area contributed by atoms with Gasteiger partial charge in [0.25, 0.3) is 0 Å². The van der Waals surface area contributed by atoms with Gasteiger partial charge in [0.15, 0.2) is 0 Å². The second kappa shape index (κ2) is 5.73. The second-order valence-electron chi connectivity index (χ2n) is 4.84. The van der Waals surface area contributed by atoms with Gasteiger partial charge < -0.3 is 0 Å². The molecule has 114 valence electrons. The molecule has 21 heavy (non-hydrogen) atoms. The Morgan fingerprint density at radius 2 is 1.95 bits per heavy atom. The Balaban J connectivity index is 2.19. The maximum Gasteiger partial charge on any atom is 0.242 e. The molecule has 0 spiro atoms. The van der Waals surface area contributed by atoms with E-state index < -0.39 is 26.1 Å². The number of nitriles is 1. The van der Waals surface area contributed by atoms with Crippen molar-refractivity contribution in [1.82, 2.24) is 9.03 Å². The van der Waals surface area contributed by atoms with E-state index in [1.165, 1.54) is 22.5 Å². The third-order valence-corrected chi connectivity index (χ3v) is 6.09. The molecule has 0 bridgehead atoms. The SMILES string of the molecule is CS(=O)(=O)N1CCC(NS(=O)(=O)c2ccccc2C#N)C1. The van der Waals surface area contributed by atoms with Crippen LogP contribution in [0, 0.1) is 11.3 Å². The summed E-state index contributed by atoms with van der Waals surface area (Å²) in [5.74, 6) is 0. The first-order valence-corrected chi connectivity index (χ1v) is 9.54. The molecule has 1 N–H and O–H groups in total. The van der Waals surface area contributed by atoms with Crippen LogP contribution in [-0.2, 0) is 20.0 Å². The van der Waals surface area contributed by atoms with Crippen LogP contribution in [0.1, 0.15) is 12.0 Å². The predicted octanol–water partition coefficient (Wildman–Crippen LogP) is -0.130.